The van der Waals surface area contributed by atoms with Crippen LogP contribution in [0.1, 0.15) is 61.4 Å². The number of halogens is 3. The van der Waals surface area contributed by atoms with Crippen molar-refractivity contribution in [2.75, 3.05) is 72.6 Å². The number of amides is 2. The second-order valence-corrected chi connectivity index (χ2v) is 15.5. The standard InChI is InChI=1S/C43H50F3N9O4/c1-27(56)33-6-4-5-7-35(33)49-40-34(43(44,45)46)25-47-42(52-40)50-36-13-12-32(24-38(36)59-3)55-22-18-30(19-23-55)53(2)26-28-16-20-54(21-17-28)31-10-8-29(9-11-31)48-37-14-15-39(57)51-41(37)58/h4-13,24-25,28,30,37,48H,14-23,26H2,1-3H3,(H,51,57,58)(H2,47,49,50,52). The minimum absolute atomic E-state index is 0.0726. The topological polar surface area (TPSA) is 144 Å². The van der Waals surface area contributed by atoms with E-state index in [9.17, 15) is 27.6 Å². The third kappa shape index (κ3) is 10.0. The lowest BCUT2D eigenvalue weighted by Gasteiger charge is -2.41. The average molecular weight is 814 g/mol. The molecular formula is C43H50F3N9O4. The van der Waals surface area contributed by atoms with Gasteiger partial charge in [0.2, 0.25) is 17.8 Å². The Balaban J connectivity index is 0.900. The number of rotatable bonds is 13. The summed E-state index contributed by atoms with van der Waals surface area (Å²) in [7, 11) is 3.77. The molecule has 1 aromatic heterocycles. The smallest absolute Gasteiger partial charge is 0.421 e. The molecule has 0 bridgehead atoms. The van der Waals surface area contributed by atoms with Crippen LogP contribution in [0.5, 0.6) is 5.75 Å². The van der Waals surface area contributed by atoms with Gasteiger partial charge in [-0.2, -0.15) is 18.2 Å². The molecule has 2 amide bonds. The number of ether oxygens (including phenoxy) is 1. The predicted molar refractivity (Wildman–Crippen MR) is 222 cm³/mol. The van der Waals surface area contributed by atoms with Crippen LogP contribution in [0.2, 0.25) is 0 Å². The highest BCUT2D eigenvalue weighted by Gasteiger charge is 2.36. The van der Waals surface area contributed by atoms with Crippen molar-refractivity contribution in [3.8, 4) is 5.75 Å². The van der Waals surface area contributed by atoms with E-state index in [1.807, 2.05) is 30.3 Å². The molecule has 4 heterocycles. The second kappa shape index (κ2) is 17.9. The largest absolute Gasteiger partial charge is 0.494 e. The van der Waals surface area contributed by atoms with Gasteiger partial charge in [-0.25, -0.2) is 4.98 Å². The molecule has 0 spiro atoms. The summed E-state index contributed by atoms with van der Waals surface area (Å²) in [6.07, 6.45) is 1.07. The fourth-order valence-electron chi connectivity index (χ4n) is 8.17. The normalized spacial score (nSPS) is 18.1. The molecule has 0 saturated carbocycles. The van der Waals surface area contributed by atoms with Gasteiger partial charge in [-0.3, -0.25) is 19.7 Å². The van der Waals surface area contributed by atoms with Crippen LogP contribution >= 0.6 is 0 Å². The SMILES string of the molecule is COc1cc(N2CCC(N(C)CC3CCN(c4ccc(NC5CCC(=O)NC5=O)cc4)CC3)CC2)ccc1Nc1ncc(C(F)(F)F)c(Nc2ccccc2C(C)=O)n1. The molecule has 312 valence electrons. The number of anilines is 7. The minimum atomic E-state index is -4.73. The van der Waals surface area contributed by atoms with E-state index in [0.29, 0.717) is 42.4 Å². The summed E-state index contributed by atoms with van der Waals surface area (Å²) in [5, 5.41) is 11.3. The van der Waals surface area contributed by atoms with Crippen molar-refractivity contribution >= 4 is 57.8 Å². The number of methoxy groups -OCH3 is 1. The molecule has 3 fully saturated rings. The van der Waals surface area contributed by atoms with Crippen molar-refractivity contribution in [2.24, 2.45) is 5.92 Å². The Kier molecular flexibility index (Phi) is 12.5. The number of piperidine rings is 3. The molecule has 1 unspecified atom stereocenters. The lowest BCUT2D eigenvalue weighted by molar-refractivity contribution is -0.137. The van der Waals surface area contributed by atoms with Crippen LogP contribution in [-0.4, -0.2) is 91.4 Å². The predicted octanol–water partition coefficient (Wildman–Crippen LogP) is 7.23. The molecule has 1 atom stereocenters. The fraction of sp³-hybridized carbons (Fsp3) is 0.419. The number of hydrogen-bond donors (Lipinski definition) is 4. The Bertz CT molecular complexity index is 2140. The number of nitrogens with zero attached hydrogens (tertiary/aromatic N) is 5. The Hall–Kier alpha value is -5.90. The number of para-hydroxylation sites is 1. The van der Waals surface area contributed by atoms with E-state index >= 15 is 0 Å². The first-order valence-electron chi connectivity index (χ1n) is 20.0. The van der Waals surface area contributed by atoms with Gasteiger partial charge in [0, 0.05) is 80.1 Å². The summed E-state index contributed by atoms with van der Waals surface area (Å²) in [5.41, 5.74) is 2.89. The van der Waals surface area contributed by atoms with Crippen molar-refractivity contribution in [3.63, 3.8) is 0 Å². The van der Waals surface area contributed by atoms with Gasteiger partial charge in [0.15, 0.2) is 5.78 Å². The molecule has 16 heteroatoms. The van der Waals surface area contributed by atoms with E-state index in [0.717, 1.165) is 69.8 Å². The van der Waals surface area contributed by atoms with Crippen LogP contribution in [0.3, 0.4) is 0 Å². The number of imide groups is 1. The summed E-state index contributed by atoms with van der Waals surface area (Å²) in [6.45, 7) is 6.12. The number of alkyl halides is 3. The average Bonchev–Trinajstić information content (AvgIpc) is 3.22. The number of ketones is 1. The molecule has 59 heavy (non-hydrogen) atoms. The quantitative estimate of drug-likeness (QED) is 0.0799. The van der Waals surface area contributed by atoms with E-state index in [1.54, 1.807) is 12.1 Å². The maximum Gasteiger partial charge on any atom is 0.421 e. The third-order valence-corrected chi connectivity index (χ3v) is 11.5. The van der Waals surface area contributed by atoms with E-state index in [2.05, 4.69) is 65.1 Å². The van der Waals surface area contributed by atoms with Crippen molar-refractivity contribution < 1.29 is 32.3 Å². The molecule has 3 aliphatic heterocycles. The van der Waals surface area contributed by atoms with Gasteiger partial charge in [-0.15, -0.1) is 0 Å². The zero-order chi connectivity index (χ0) is 41.7. The number of carbonyl (C=O) groups is 3. The Morgan fingerprint density at radius 2 is 1.58 bits per heavy atom. The van der Waals surface area contributed by atoms with Crippen molar-refractivity contribution in [2.45, 2.75) is 63.7 Å². The van der Waals surface area contributed by atoms with Gasteiger partial charge < -0.3 is 35.4 Å². The second-order valence-electron chi connectivity index (χ2n) is 15.5. The van der Waals surface area contributed by atoms with Gasteiger partial charge in [-0.1, -0.05) is 12.1 Å². The first-order valence-corrected chi connectivity index (χ1v) is 20.0. The van der Waals surface area contributed by atoms with Gasteiger partial charge in [0.1, 0.15) is 23.2 Å². The molecule has 3 saturated heterocycles. The van der Waals surface area contributed by atoms with Gasteiger partial charge in [0.25, 0.3) is 0 Å². The van der Waals surface area contributed by atoms with Crippen molar-refractivity contribution in [1.29, 1.82) is 0 Å². The highest BCUT2D eigenvalue weighted by Crippen LogP contribution is 2.38. The summed E-state index contributed by atoms with van der Waals surface area (Å²) in [6, 6.07) is 20.3. The van der Waals surface area contributed by atoms with E-state index < -0.39 is 23.6 Å². The molecule has 0 radical (unpaired) electrons. The van der Waals surface area contributed by atoms with Crippen LogP contribution in [0, 0.1) is 5.92 Å². The van der Waals surface area contributed by atoms with Crippen LogP contribution in [-0.2, 0) is 15.8 Å². The first-order chi connectivity index (χ1) is 28.3. The monoisotopic (exact) mass is 813 g/mol. The van der Waals surface area contributed by atoms with Crippen LogP contribution in [0.15, 0.2) is 72.9 Å². The highest BCUT2D eigenvalue weighted by atomic mass is 19.4. The number of hydrogen-bond acceptors (Lipinski definition) is 12. The number of Topliss-reactive ketones (excluding diaryl/α,β-unsaturated/α-hetero) is 1. The summed E-state index contributed by atoms with van der Waals surface area (Å²) >= 11 is 0. The Morgan fingerprint density at radius 3 is 2.25 bits per heavy atom. The number of aromatic nitrogens is 2. The highest BCUT2D eigenvalue weighted by molar-refractivity contribution is 6.01. The first kappa shape index (κ1) is 41.3. The van der Waals surface area contributed by atoms with Crippen LogP contribution in [0.4, 0.5) is 53.4 Å². The van der Waals surface area contributed by atoms with Crippen LogP contribution < -0.4 is 35.8 Å². The van der Waals surface area contributed by atoms with E-state index in [-0.39, 0.29) is 34.8 Å². The fourth-order valence-corrected chi connectivity index (χ4v) is 8.17. The molecule has 3 aromatic carbocycles. The maximum atomic E-state index is 14.0. The van der Waals surface area contributed by atoms with Crippen LogP contribution in [0.25, 0.3) is 0 Å². The Labute approximate surface area is 341 Å². The molecule has 7 rings (SSSR count). The van der Waals surface area contributed by atoms with Gasteiger partial charge in [-0.05, 0) is 101 Å². The van der Waals surface area contributed by atoms with Gasteiger partial charge in [0.05, 0.1) is 18.5 Å². The molecule has 4 aromatic rings. The molecule has 0 aliphatic carbocycles. The minimum Gasteiger partial charge on any atom is -0.494 e. The zero-order valence-corrected chi connectivity index (χ0v) is 33.4. The zero-order valence-electron chi connectivity index (χ0n) is 33.4. The lowest BCUT2D eigenvalue weighted by atomic mass is 9.94. The number of benzene rings is 3. The number of carbonyl (C=O) groups excluding carboxylic acids is 3. The van der Waals surface area contributed by atoms with Crippen molar-refractivity contribution in [3.05, 3.63) is 84.1 Å². The summed E-state index contributed by atoms with van der Waals surface area (Å²) in [4.78, 5) is 51.1. The summed E-state index contributed by atoms with van der Waals surface area (Å²) < 4.78 is 47.6. The third-order valence-electron chi connectivity index (χ3n) is 11.5. The number of nitrogens with one attached hydrogen (secondary N) is 4. The summed E-state index contributed by atoms with van der Waals surface area (Å²) in [5.74, 6) is -0.243. The molecule has 3 aliphatic rings. The molecule has 4 N–H and O–H groups in total. The maximum absolute atomic E-state index is 14.0. The molecular weight excluding hydrogens is 764 g/mol. The molecule has 13 nitrogen and oxygen atoms in total. The van der Waals surface area contributed by atoms with E-state index in [1.165, 1.54) is 31.9 Å². The van der Waals surface area contributed by atoms with Crippen molar-refractivity contribution in [1.82, 2.24) is 20.2 Å². The van der Waals surface area contributed by atoms with Gasteiger partial charge >= 0.3 is 6.18 Å². The van der Waals surface area contributed by atoms with E-state index in [4.69, 9.17) is 4.74 Å². The Morgan fingerprint density at radius 1 is 0.898 bits per heavy atom. The lowest BCUT2D eigenvalue weighted by Crippen LogP contribution is -2.47.